The summed E-state index contributed by atoms with van der Waals surface area (Å²) in [5.74, 6) is 0.328. The second-order valence-corrected chi connectivity index (χ2v) is 4.07. The monoisotopic (exact) mass is 249 g/mol. The van der Waals surface area contributed by atoms with Gasteiger partial charge in [0.25, 0.3) is 5.97 Å². The molecule has 1 aliphatic heterocycles. The van der Waals surface area contributed by atoms with Crippen LogP contribution in [-0.2, 0) is 20.7 Å². The van der Waals surface area contributed by atoms with Gasteiger partial charge < -0.3 is 19.8 Å². The molecule has 0 aliphatic carbocycles. The Morgan fingerprint density at radius 3 is 3.11 bits per heavy atom. The van der Waals surface area contributed by atoms with Crippen LogP contribution in [0.1, 0.15) is 18.9 Å². The molecule has 1 aromatic carbocycles. The number of ether oxygens (including phenoxy) is 1. The van der Waals surface area contributed by atoms with E-state index >= 15 is 0 Å². The van der Waals surface area contributed by atoms with Gasteiger partial charge in [0.15, 0.2) is 0 Å². The van der Waals surface area contributed by atoms with Gasteiger partial charge in [0, 0.05) is 12.4 Å². The second-order valence-electron chi connectivity index (χ2n) is 4.07. The standard InChI is InChI=1S/C12H16BNO4/c1-9(15)18-13-12-10(8-17-13)4-2-5-11(12)16-7-3-6-14/h2,4-5H,3,6-8,14H2,1H3. The average molecular weight is 249 g/mol. The molecule has 0 aromatic heterocycles. The van der Waals surface area contributed by atoms with E-state index in [2.05, 4.69) is 0 Å². The maximum absolute atomic E-state index is 11.0. The number of rotatable bonds is 5. The van der Waals surface area contributed by atoms with Gasteiger partial charge in [-0.15, -0.1) is 0 Å². The molecule has 0 saturated carbocycles. The van der Waals surface area contributed by atoms with Crippen molar-refractivity contribution in [1.82, 2.24) is 0 Å². The minimum absolute atomic E-state index is 0.371. The van der Waals surface area contributed by atoms with E-state index in [-0.39, 0.29) is 5.97 Å². The van der Waals surface area contributed by atoms with Crippen LogP contribution < -0.4 is 15.9 Å². The van der Waals surface area contributed by atoms with Crippen LogP contribution in [0.2, 0.25) is 0 Å². The van der Waals surface area contributed by atoms with Gasteiger partial charge in [-0.3, -0.25) is 4.79 Å². The predicted molar refractivity (Wildman–Crippen MR) is 67.6 cm³/mol. The number of hydrogen-bond acceptors (Lipinski definition) is 5. The van der Waals surface area contributed by atoms with Crippen LogP contribution in [0.25, 0.3) is 0 Å². The molecule has 0 fully saturated rings. The molecule has 2 rings (SSSR count). The zero-order chi connectivity index (χ0) is 13.0. The van der Waals surface area contributed by atoms with Crippen molar-refractivity contribution in [2.75, 3.05) is 13.2 Å². The molecule has 6 heteroatoms. The van der Waals surface area contributed by atoms with Gasteiger partial charge in [0.05, 0.1) is 13.2 Å². The van der Waals surface area contributed by atoms with Crippen molar-refractivity contribution in [2.45, 2.75) is 20.0 Å². The van der Waals surface area contributed by atoms with Crippen molar-refractivity contribution in [2.24, 2.45) is 5.73 Å². The van der Waals surface area contributed by atoms with E-state index in [9.17, 15) is 4.79 Å². The SMILES string of the molecule is CC(=O)OB1OCc2cccc(OCCCN)c21. The normalized spacial score (nSPS) is 13.3. The molecule has 0 bridgehead atoms. The lowest BCUT2D eigenvalue weighted by Crippen LogP contribution is -2.35. The van der Waals surface area contributed by atoms with Gasteiger partial charge in [0.2, 0.25) is 0 Å². The van der Waals surface area contributed by atoms with E-state index < -0.39 is 7.12 Å². The number of carbonyl (C=O) groups is 1. The first-order chi connectivity index (χ1) is 8.72. The zero-order valence-electron chi connectivity index (χ0n) is 10.3. The van der Waals surface area contributed by atoms with E-state index in [1.165, 1.54) is 6.92 Å². The lowest BCUT2D eigenvalue weighted by atomic mass is 9.78. The molecule has 0 amide bonds. The van der Waals surface area contributed by atoms with Crippen molar-refractivity contribution in [3.63, 3.8) is 0 Å². The third kappa shape index (κ3) is 2.83. The molecule has 0 unspecified atom stereocenters. The molecule has 18 heavy (non-hydrogen) atoms. The molecule has 2 N–H and O–H groups in total. The van der Waals surface area contributed by atoms with E-state index in [0.717, 1.165) is 17.4 Å². The minimum Gasteiger partial charge on any atom is -0.506 e. The molecule has 0 radical (unpaired) electrons. The number of fused-ring (bicyclic) bond motifs is 1. The summed E-state index contributed by atoms with van der Waals surface area (Å²) in [6, 6.07) is 5.69. The van der Waals surface area contributed by atoms with Crippen molar-refractivity contribution in [3.8, 4) is 5.75 Å². The molecule has 1 aromatic rings. The fourth-order valence-electron chi connectivity index (χ4n) is 1.87. The van der Waals surface area contributed by atoms with Gasteiger partial charge >= 0.3 is 7.12 Å². The van der Waals surface area contributed by atoms with Crippen LogP contribution in [0.5, 0.6) is 5.75 Å². The number of hydrogen-bond donors (Lipinski definition) is 1. The Hall–Kier alpha value is -1.53. The van der Waals surface area contributed by atoms with Gasteiger partial charge in [0.1, 0.15) is 5.75 Å². The van der Waals surface area contributed by atoms with Crippen LogP contribution in [-0.4, -0.2) is 26.2 Å². The van der Waals surface area contributed by atoms with E-state index in [1.807, 2.05) is 18.2 Å². The Morgan fingerprint density at radius 2 is 2.39 bits per heavy atom. The Kier molecular flexibility index (Phi) is 4.22. The van der Waals surface area contributed by atoms with Crippen LogP contribution in [0.4, 0.5) is 0 Å². The second kappa shape index (κ2) is 5.88. The van der Waals surface area contributed by atoms with E-state index in [4.69, 9.17) is 19.8 Å². The summed E-state index contributed by atoms with van der Waals surface area (Å²) in [5.41, 5.74) is 7.23. The van der Waals surface area contributed by atoms with Crippen LogP contribution in [0, 0.1) is 0 Å². The summed E-state index contributed by atoms with van der Waals surface area (Å²) in [4.78, 5) is 11.0. The first kappa shape index (κ1) is 12.9. The van der Waals surface area contributed by atoms with E-state index in [1.54, 1.807) is 0 Å². The van der Waals surface area contributed by atoms with Crippen LogP contribution >= 0.6 is 0 Å². The highest BCUT2D eigenvalue weighted by Gasteiger charge is 2.36. The Bertz CT molecular complexity index is 438. The highest BCUT2D eigenvalue weighted by atomic mass is 16.6. The number of nitrogens with two attached hydrogens (primary N) is 1. The summed E-state index contributed by atoms with van der Waals surface area (Å²) in [6.07, 6.45) is 0.781. The first-order valence-electron chi connectivity index (χ1n) is 5.96. The Morgan fingerprint density at radius 1 is 1.56 bits per heavy atom. The van der Waals surface area contributed by atoms with Gasteiger partial charge in [-0.05, 0) is 24.6 Å². The highest BCUT2D eigenvalue weighted by molar-refractivity contribution is 6.65. The van der Waals surface area contributed by atoms with Crippen LogP contribution in [0.15, 0.2) is 18.2 Å². The fraction of sp³-hybridized carbons (Fsp3) is 0.417. The van der Waals surface area contributed by atoms with Gasteiger partial charge in [-0.2, -0.15) is 0 Å². The molecule has 1 heterocycles. The molecular weight excluding hydrogens is 233 g/mol. The summed E-state index contributed by atoms with van der Waals surface area (Å²) in [5, 5.41) is 0. The lowest BCUT2D eigenvalue weighted by molar-refractivity contribution is -0.133. The van der Waals surface area contributed by atoms with Crippen molar-refractivity contribution in [1.29, 1.82) is 0 Å². The maximum atomic E-state index is 11.0. The summed E-state index contributed by atoms with van der Waals surface area (Å²) in [7, 11) is -0.661. The Labute approximate surface area is 106 Å². The molecular formula is C12H16BNO4. The smallest absolute Gasteiger partial charge is 0.506 e. The van der Waals surface area contributed by atoms with Gasteiger partial charge in [-0.1, -0.05) is 12.1 Å². The van der Waals surface area contributed by atoms with Gasteiger partial charge in [-0.25, -0.2) is 0 Å². The number of benzene rings is 1. The molecule has 5 nitrogen and oxygen atoms in total. The zero-order valence-corrected chi connectivity index (χ0v) is 10.3. The number of carbonyl (C=O) groups excluding carboxylic acids is 1. The maximum Gasteiger partial charge on any atom is 0.569 e. The minimum atomic E-state index is -0.661. The molecule has 0 saturated heterocycles. The third-order valence-electron chi connectivity index (χ3n) is 2.66. The highest BCUT2D eigenvalue weighted by Crippen LogP contribution is 2.19. The molecule has 96 valence electrons. The fourth-order valence-corrected chi connectivity index (χ4v) is 1.87. The first-order valence-corrected chi connectivity index (χ1v) is 5.96. The lowest BCUT2D eigenvalue weighted by Gasteiger charge is -2.12. The Balaban J connectivity index is 2.16. The summed E-state index contributed by atoms with van der Waals surface area (Å²) >= 11 is 0. The van der Waals surface area contributed by atoms with Crippen LogP contribution in [0.3, 0.4) is 0 Å². The van der Waals surface area contributed by atoms with E-state index in [0.29, 0.717) is 25.5 Å². The van der Waals surface area contributed by atoms with Crippen molar-refractivity contribution >= 4 is 18.6 Å². The summed E-state index contributed by atoms with van der Waals surface area (Å²) in [6.45, 7) is 2.92. The molecule has 0 spiro atoms. The topological polar surface area (TPSA) is 70.8 Å². The van der Waals surface area contributed by atoms with Crippen molar-refractivity contribution < 1.29 is 18.8 Å². The summed E-state index contributed by atoms with van der Waals surface area (Å²) < 4.78 is 16.2. The third-order valence-corrected chi connectivity index (χ3v) is 2.66. The largest absolute Gasteiger partial charge is 0.569 e. The average Bonchev–Trinajstić information content (AvgIpc) is 2.73. The predicted octanol–water partition coefficient (Wildman–Crippen LogP) is 0.203. The van der Waals surface area contributed by atoms with Crippen molar-refractivity contribution in [3.05, 3.63) is 23.8 Å². The molecule has 1 aliphatic rings. The molecule has 0 atom stereocenters. The quantitative estimate of drug-likeness (QED) is 0.596.